The zero-order chi connectivity index (χ0) is 11.5. The van der Waals surface area contributed by atoms with Crippen molar-refractivity contribution in [1.29, 1.82) is 0 Å². The Morgan fingerprint density at radius 1 is 1.07 bits per heavy atom. The molecule has 0 aliphatic heterocycles. The van der Waals surface area contributed by atoms with Crippen molar-refractivity contribution in [2.24, 2.45) is 0 Å². The minimum absolute atomic E-state index is 0.268. The summed E-state index contributed by atoms with van der Waals surface area (Å²) in [5.74, 6) is 0. The lowest BCUT2D eigenvalue weighted by Gasteiger charge is -2.17. The third-order valence-electron chi connectivity index (χ3n) is 2.34. The fourth-order valence-corrected chi connectivity index (χ4v) is 1.13. The summed E-state index contributed by atoms with van der Waals surface area (Å²) in [6.07, 6.45) is 2.50. The highest BCUT2D eigenvalue weighted by molar-refractivity contribution is 4.61. The van der Waals surface area contributed by atoms with E-state index in [4.69, 9.17) is 9.47 Å². The van der Waals surface area contributed by atoms with Gasteiger partial charge in [0.25, 0.3) is 0 Å². The van der Waals surface area contributed by atoms with E-state index in [2.05, 4.69) is 33.0 Å². The van der Waals surface area contributed by atoms with E-state index >= 15 is 0 Å². The first-order valence-electron chi connectivity index (χ1n) is 6.13. The fourth-order valence-electron chi connectivity index (χ4n) is 1.13. The molecule has 0 saturated carbocycles. The lowest BCUT2D eigenvalue weighted by molar-refractivity contribution is 0.0121. The second-order valence-electron chi connectivity index (χ2n) is 4.01. The minimum Gasteiger partial charge on any atom is -0.379 e. The van der Waals surface area contributed by atoms with Crippen molar-refractivity contribution >= 4 is 0 Å². The SMILES string of the molecule is CCCOCCOC(C)CNC(C)CC. The monoisotopic (exact) mass is 217 g/mol. The van der Waals surface area contributed by atoms with E-state index in [1.54, 1.807) is 0 Å². The van der Waals surface area contributed by atoms with Crippen molar-refractivity contribution in [3.8, 4) is 0 Å². The van der Waals surface area contributed by atoms with E-state index in [1.807, 2.05) is 0 Å². The predicted octanol–water partition coefficient (Wildman–Crippen LogP) is 2.21. The van der Waals surface area contributed by atoms with Gasteiger partial charge in [0.05, 0.1) is 19.3 Å². The second-order valence-corrected chi connectivity index (χ2v) is 4.01. The Labute approximate surface area is 94.5 Å². The van der Waals surface area contributed by atoms with E-state index in [9.17, 15) is 0 Å². The normalized spacial score (nSPS) is 15.2. The predicted molar refractivity (Wildman–Crippen MR) is 64.3 cm³/mol. The van der Waals surface area contributed by atoms with Gasteiger partial charge in [0.1, 0.15) is 0 Å². The molecule has 3 heteroatoms. The molecule has 0 radical (unpaired) electrons. The summed E-state index contributed by atoms with van der Waals surface area (Å²) in [4.78, 5) is 0. The van der Waals surface area contributed by atoms with Gasteiger partial charge in [0.2, 0.25) is 0 Å². The smallest absolute Gasteiger partial charge is 0.0704 e. The Kier molecular flexibility index (Phi) is 10.3. The molecule has 1 N–H and O–H groups in total. The second kappa shape index (κ2) is 10.4. The largest absolute Gasteiger partial charge is 0.379 e. The lowest BCUT2D eigenvalue weighted by Crippen LogP contribution is -2.33. The van der Waals surface area contributed by atoms with Crippen LogP contribution >= 0.6 is 0 Å². The van der Waals surface area contributed by atoms with Crippen molar-refractivity contribution in [3.63, 3.8) is 0 Å². The van der Waals surface area contributed by atoms with Crippen LogP contribution in [-0.4, -0.2) is 38.5 Å². The third kappa shape index (κ3) is 10.2. The van der Waals surface area contributed by atoms with Gasteiger partial charge in [-0.25, -0.2) is 0 Å². The van der Waals surface area contributed by atoms with Gasteiger partial charge < -0.3 is 14.8 Å². The van der Waals surface area contributed by atoms with E-state index in [-0.39, 0.29) is 6.10 Å². The average Bonchev–Trinajstić information content (AvgIpc) is 2.25. The molecular formula is C12H27NO2. The van der Waals surface area contributed by atoms with Crippen molar-refractivity contribution < 1.29 is 9.47 Å². The third-order valence-corrected chi connectivity index (χ3v) is 2.34. The Balaban J connectivity index is 3.21. The Morgan fingerprint density at radius 3 is 2.40 bits per heavy atom. The van der Waals surface area contributed by atoms with Crippen molar-refractivity contribution in [1.82, 2.24) is 5.32 Å². The average molecular weight is 217 g/mol. The lowest BCUT2D eigenvalue weighted by atomic mass is 10.2. The summed E-state index contributed by atoms with van der Waals surface area (Å²) >= 11 is 0. The standard InChI is InChI=1S/C12H27NO2/c1-5-7-14-8-9-15-12(4)10-13-11(3)6-2/h11-13H,5-10H2,1-4H3. The van der Waals surface area contributed by atoms with Crippen LogP contribution in [0.2, 0.25) is 0 Å². The van der Waals surface area contributed by atoms with Crippen LogP contribution in [0.3, 0.4) is 0 Å². The van der Waals surface area contributed by atoms with Crippen LogP contribution in [0.25, 0.3) is 0 Å². The van der Waals surface area contributed by atoms with Crippen LogP contribution in [0, 0.1) is 0 Å². The van der Waals surface area contributed by atoms with Crippen LogP contribution in [0.15, 0.2) is 0 Å². The van der Waals surface area contributed by atoms with E-state index < -0.39 is 0 Å². The van der Waals surface area contributed by atoms with Crippen molar-refractivity contribution in [2.75, 3.05) is 26.4 Å². The van der Waals surface area contributed by atoms with Gasteiger partial charge in [-0.3, -0.25) is 0 Å². The number of ether oxygens (including phenoxy) is 2. The quantitative estimate of drug-likeness (QED) is 0.569. The van der Waals surface area contributed by atoms with Gasteiger partial charge in [-0.15, -0.1) is 0 Å². The van der Waals surface area contributed by atoms with Gasteiger partial charge in [-0.2, -0.15) is 0 Å². The molecule has 0 heterocycles. The molecule has 0 fully saturated rings. The molecule has 0 saturated heterocycles. The van der Waals surface area contributed by atoms with Gasteiger partial charge in [-0.05, 0) is 26.7 Å². The summed E-state index contributed by atoms with van der Waals surface area (Å²) in [5.41, 5.74) is 0. The molecule has 0 rings (SSSR count). The zero-order valence-corrected chi connectivity index (χ0v) is 10.7. The molecule has 15 heavy (non-hydrogen) atoms. The fraction of sp³-hybridized carbons (Fsp3) is 1.00. The molecule has 2 unspecified atom stereocenters. The Hall–Kier alpha value is -0.120. The molecule has 0 spiro atoms. The van der Waals surface area contributed by atoms with Gasteiger partial charge >= 0.3 is 0 Å². The van der Waals surface area contributed by atoms with Gasteiger partial charge in [-0.1, -0.05) is 13.8 Å². The molecule has 0 aromatic rings. The highest BCUT2D eigenvalue weighted by atomic mass is 16.5. The van der Waals surface area contributed by atoms with E-state index in [0.717, 1.165) is 26.0 Å². The molecular weight excluding hydrogens is 190 g/mol. The van der Waals surface area contributed by atoms with E-state index in [0.29, 0.717) is 19.3 Å². The number of nitrogens with one attached hydrogen (secondary N) is 1. The van der Waals surface area contributed by atoms with Crippen molar-refractivity contribution in [2.45, 2.75) is 52.7 Å². The van der Waals surface area contributed by atoms with Crippen molar-refractivity contribution in [3.05, 3.63) is 0 Å². The molecule has 0 bridgehead atoms. The molecule has 0 aliphatic carbocycles. The number of hydrogen-bond donors (Lipinski definition) is 1. The molecule has 2 atom stereocenters. The van der Waals surface area contributed by atoms with E-state index in [1.165, 1.54) is 0 Å². The summed E-state index contributed by atoms with van der Waals surface area (Å²) in [5, 5.41) is 3.42. The number of hydrogen-bond acceptors (Lipinski definition) is 3. The summed E-state index contributed by atoms with van der Waals surface area (Å²) in [6, 6.07) is 0.576. The van der Waals surface area contributed by atoms with Gasteiger partial charge in [0.15, 0.2) is 0 Å². The Morgan fingerprint density at radius 2 is 1.80 bits per heavy atom. The van der Waals surface area contributed by atoms with Gasteiger partial charge in [0, 0.05) is 19.2 Å². The maximum absolute atomic E-state index is 5.60. The number of rotatable bonds is 10. The zero-order valence-electron chi connectivity index (χ0n) is 10.7. The van der Waals surface area contributed by atoms with Crippen LogP contribution in [-0.2, 0) is 9.47 Å². The minimum atomic E-state index is 0.268. The maximum atomic E-state index is 5.60. The topological polar surface area (TPSA) is 30.5 Å². The molecule has 0 aromatic heterocycles. The summed E-state index contributed by atoms with van der Waals surface area (Å²) in [7, 11) is 0. The first-order valence-corrected chi connectivity index (χ1v) is 6.13. The summed E-state index contributed by atoms with van der Waals surface area (Å²) in [6.45, 7) is 11.7. The Bertz CT molecular complexity index is 131. The first kappa shape index (κ1) is 14.9. The molecule has 0 aromatic carbocycles. The molecule has 0 amide bonds. The molecule has 0 aliphatic rings. The van der Waals surface area contributed by atoms with Crippen LogP contribution in [0.1, 0.15) is 40.5 Å². The summed E-state index contributed by atoms with van der Waals surface area (Å²) < 4.78 is 10.9. The highest BCUT2D eigenvalue weighted by Gasteiger charge is 2.03. The maximum Gasteiger partial charge on any atom is 0.0704 e. The molecule has 92 valence electrons. The van der Waals surface area contributed by atoms with Crippen LogP contribution < -0.4 is 5.32 Å². The first-order chi connectivity index (χ1) is 7.20. The highest BCUT2D eigenvalue weighted by Crippen LogP contribution is 1.93. The molecule has 3 nitrogen and oxygen atoms in total. The van der Waals surface area contributed by atoms with Crippen LogP contribution in [0.5, 0.6) is 0 Å². The van der Waals surface area contributed by atoms with Crippen LogP contribution in [0.4, 0.5) is 0 Å².